The van der Waals surface area contributed by atoms with Crippen molar-refractivity contribution in [1.82, 2.24) is 24.3 Å². The van der Waals surface area contributed by atoms with Crippen molar-refractivity contribution >= 4 is 46.9 Å². The molecular weight excluding hydrogens is 725 g/mol. The number of halogens is 2. The van der Waals surface area contributed by atoms with Gasteiger partial charge in [0.2, 0.25) is 0 Å². The van der Waals surface area contributed by atoms with E-state index in [4.69, 9.17) is 11.5 Å². The molecule has 4 N–H and O–H groups in total. The molecule has 3 aromatic heterocycles. The summed E-state index contributed by atoms with van der Waals surface area (Å²) in [5, 5.41) is 10.4. The first-order valence-electron chi connectivity index (χ1n) is 17.5. The standard InChI is InChI=1S/C40H45F2N9OS2/c1-28-5-4-6-37(39-14-13-35(54-39)23-48-25-45-50(27-48)21-29(17-41)19-43)38(28)16-32-15-33(47(2)3)9-7-31(32)8-10-34-11-12-36(53-34)24-49-26-46-51(40(49)52)22-30(18-42)20-44/h4-15,17-18,25-26H,16,19-24,27,43-44H2,1-3H3/b10-8+,29-17+,30-18+. The molecule has 0 unspecified atom stereocenters. The van der Waals surface area contributed by atoms with E-state index < -0.39 is 0 Å². The predicted octanol–water partition coefficient (Wildman–Crippen LogP) is 6.66. The van der Waals surface area contributed by atoms with E-state index in [1.807, 2.05) is 11.1 Å². The Balaban J connectivity index is 1.19. The molecule has 54 heavy (non-hydrogen) atoms. The monoisotopic (exact) mass is 769 g/mol. The van der Waals surface area contributed by atoms with E-state index in [0.717, 1.165) is 27.4 Å². The van der Waals surface area contributed by atoms with Gasteiger partial charge in [-0.1, -0.05) is 30.3 Å². The fourth-order valence-electron chi connectivity index (χ4n) is 6.17. The zero-order chi connectivity index (χ0) is 38.2. The van der Waals surface area contributed by atoms with Gasteiger partial charge in [0.25, 0.3) is 0 Å². The van der Waals surface area contributed by atoms with Gasteiger partial charge in [0.05, 0.1) is 38.8 Å². The Morgan fingerprint density at radius 3 is 2.44 bits per heavy atom. The minimum atomic E-state index is -0.313. The van der Waals surface area contributed by atoms with Gasteiger partial charge in [-0.15, -0.1) is 22.7 Å². The molecule has 282 valence electrons. The van der Waals surface area contributed by atoms with E-state index in [-0.39, 0.29) is 25.3 Å². The van der Waals surface area contributed by atoms with Gasteiger partial charge >= 0.3 is 5.69 Å². The van der Waals surface area contributed by atoms with Gasteiger partial charge in [0.1, 0.15) is 19.3 Å². The molecule has 0 fully saturated rings. The maximum absolute atomic E-state index is 13.1. The molecule has 0 amide bonds. The van der Waals surface area contributed by atoms with Gasteiger partial charge in [0.15, 0.2) is 0 Å². The number of anilines is 1. The fourth-order valence-corrected chi connectivity index (χ4v) is 8.17. The lowest BCUT2D eigenvalue weighted by Gasteiger charge is -2.19. The number of nitrogens with zero attached hydrogens (tertiary/aromatic N) is 7. The topological polar surface area (TPSA) is 114 Å². The van der Waals surface area contributed by atoms with E-state index in [0.29, 0.717) is 50.1 Å². The number of thiophene rings is 2. The Labute approximate surface area is 322 Å². The van der Waals surface area contributed by atoms with Crippen LogP contribution in [0.2, 0.25) is 0 Å². The van der Waals surface area contributed by atoms with Crippen LogP contribution < -0.4 is 22.1 Å². The Bertz CT molecular complexity index is 2240. The number of nitrogens with two attached hydrogens (primary N) is 2. The average molecular weight is 770 g/mol. The van der Waals surface area contributed by atoms with Crippen molar-refractivity contribution in [3.05, 3.63) is 138 Å². The van der Waals surface area contributed by atoms with Crippen molar-refractivity contribution in [2.75, 3.05) is 45.3 Å². The van der Waals surface area contributed by atoms with Crippen molar-refractivity contribution in [1.29, 1.82) is 0 Å². The Morgan fingerprint density at radius 1 is 0.926 bits per heavy atom. The van der Waals surface area contributed by atoms with Crippen LogP contribution in [0.4, 0.5) is 14.5 Å². The highest BCUT2D eigenvalue weighted by atomic mass is 32.1. The van der Waals surface area contributed by atoms with Crippen molar-refractivity contribution in [2.45, 2.75) is 33.0 Å². The number of aryl methyl sites for hydroxylation is 1. The second kappa shape index (κ2) is 17.8. The first-order chi connectivity index (χ1) is 26.2. The highest BCUT2D eigenvalue weighted by Crippen LogP contribution is 2.35. The van der Waals surface area contributed by atoms with Crippen LogP contribution in [-0.4, -0.2) is 71.0 Å². The van der Waals surface area contributed by atoms with Gasteiger partial charge < -0.3 is 21.3 Å². The second-order valence-electron chi connectivity index (χ2n) is 13.4. The molecule has 0 radical (unpaired) electrons. The molecular formula is C40H45F2N9OS2. The van der Waals surface area contributed by atoms with Crippen molar-refractivity contribution in [2.24, 2.45) is 16.6 Å². The van der Waals surface area contributed by atoms with Crippen molar-refractivity contribution < 1.29 is 8.78 Å². The van der Waals surface area contributed by atoms with Gasteiger partial charge in [-0.3, -0.25) is 9.58 Å². The number of rotatable bonds is 16. The molecule has 14 heteroatoms. The molecule has 1 aliphatic rings. The molecule has 0 saturated heterocycles. The fraction of sp³-hybridized carbons (Fsp3) is 0.275. The molecule has 10 nitrogen and oxygen atoms in total. The summed E-state index contributed by atoms with van der Waals surface area (Å²) in [6, 6.07) is 21.5. The lowest BCUT2D eigenvalue weighted by Crippen LogP contribution is -2.28. The summed E-state index contributed by atoms with van der Waals surface area (Å²) in [5.41, 5.74) is 18.9. The molecule has 5 aromatic rings. The largest absolute Gasteiger partial charge is 0.378 e. The average Bonchev–Trinajstić information content (AvgIpc) is 4.00. The quantitative estimate of drug-likeness (QED) is 0.115. The SMILES string of the molecule is Cc1cccc(-c2ccc(CN3C=NN(C/C(=C/F)CN)C3)s2)c1Cc1cc(N(C)C)ccc1/C=C/c1ccc(Cn2cnn(C/C(=C/F)CN)c2=O)s1. The summed E-state index contributed by atoms with van der Waals surface area (Å²) >= 11 is 3.38. The van der Waals surface area contributed by atoms with Gasteiger partial charge in [-0.2, -0.15) is 10.2 Å². The van der Waals surface area contributed by atoms with Crippen LogP contribution in [0.1, 0.15) is 36.9 Å². The first kappa shape index (κ1) is 38.6. The molecule has 0 aliphatic carbocycles. The van der Waals surface area contributed by atoms with Crippen LogP contribution in [-0.2, 0) is 26.1 Å². The molecule has 2 aromatic carbocycles. The zero-order valence-electron chi connectivity index (χ0n) is 30.7. The molecule has 4 heterocycles. The van der Waals surface area contributed by atoms with Crippen LogP contribution in [0.15, 0.2) is 101 Å². The third kappa shape index (κ3) is 9.31. The number of hydrogen-bond donors (Lipinski definition) is 2. The summed E-state index contributed by atoms with van der Waals surface area (Å²) in [5.74, 6) is 0. The summed E-state index contributed by atoms with van der Waals surface area (Å²) in [6.07, 6.45) is 9.31. The number of benzene rings is 2. The third-order valence-corrected chi connectivity index (χ3v) is 11.4. The van der Waals surface area contributed by atoms with E-state index in [9.17, 15) is 13.6 Å². The number of hydrazone groups is 1. The normalized spacial score (nSPS) is 13.6. The van der Waals surface area contributed by atoms with Crippen molar-refractivity contribution in [3.63, 3.8) is 0 Å². The van der Waals surface area contributed by atoms with Gasteiger partial charge in [-0.25, -0.2) is 18.3 Å². The van der Waals surface area contributed by atoms with Crippen LogP contribution in [0.5, 0.6) is 0 Å². The van der Waals surface area contributed by atoms with Crippen LogP contribution in [0, 0.1) is 6.92 Å². The number of aromatic nitrogens is 3. The second-order valence-corrected chi connectivity index (χ2v) is 15.8. The van der Waals surface area contributed by atoms with Crippen LogP contribution >= 0.6 is 22.7 Å². The minimum absolute atomic E-state index is 0.0214. The van der Waals surface area contributed by atoms with E-state index in [1.165, 1.54) is 47.6 Å². The molecule has 0 saturated carbocycles. The van der Waals surface area contributed by atoms with Crippen LogP contribution in [0.25, 0.3) is 22.6 Å². The smallest absolute Gasteiger partial charge is 0.346 e. The summed E-state index contributed by atoms with van der Waals surface area (Å²) in [4.78, 5) is 21.5. The number of hydrogen-bond acceptors (Lipinski definition) is 10. The molecule has 1 aliphatic heterocycles. The van der Waals surface area contributed by atoms with Crippen molar-refractivity contribution in [3.8, 4) is 10.4 Å². The van der Waals surface area contributed by atoms with Gasteiger partial charge in [0, 0.05) is 52.4 Å². The van der Waals surface area contributed by atoms with E-state index >= 15 is 0 Å². The third-order valence-electron chi connectivity index (χ3n) is 9.23. The molecule has 0 bridgehead atoms. The summed E-state index contributed by atoms with van der Waals surface area (Å²) in [7, 11) is 4.11. The molecule has 0 spiro atoms. The maximum Gasteiger partial charge on any atom is 0.346 e. The highest BCUT2D eigenvalue weighted by molar-refractivity contribution is 7.15. The first-order valence-corrected chi connectivity index (χ1v) is 19.2. The summed E-state index contributed by atoms with van der Waals surface area (Å²) < 4.78 is 28.8. The lowest BCUT2D eigenvalue weighted by molar-refractivity contribution is 0.247. The Hall–Kier alpha value is -5.15. The van der Waals surface area contributed by atoms with E-state index in [2.05, 4.69) is 108 Å². The minimum Gasteiger partial charge on any atom is -0.378 e. The molecule has 6 rings (SSSR count). The maximum atomic E-state index is 13.1. The Kier molecular flexibility index (Phi) is 12.7. The summed E-state index contributed by atoms with van der Waals surface area (Å²) in [6.45, 7) is 4.42. The van der Waals surface area contributed by atoms with Gasteiger partial charge in [-0.05, 0) is 94.8 Å². The predicted molar refractivity (Wildman–Crippen MR) is 219 cm³/mol. The highest BCUT2D eigenvalue weighted by Gasteiger charge is 2.18. The lowest BCUT2D eigenvalue weighted by atomic mass is 9.92. The van der Waals surface area contributed by atoms with Crippen LogP contribution in [0.3, 0.4) is 0 Å². The molecule has 0 atom stereocenters. The van der Waals surface area contributed by atoms with E-state index in [1.54, 1.807) is 29.0 Å². The zero-order valence-corrected chi connectivity index (χ0v) is 32.3. The Morgan fingerprint density at radius 2 is 1.69 bits per heavy atom.